The van der Waals surface area contributed by atoms with Gasteiger partial charge in [0.25, 0.3) is 0 Å². The predicted molar refractivity (Wildman–Crippen MR) is 61.3 cm³/mol. The molecule has 0 radical (unpaired) electrons. The molecule has 0 aromatic rings. The lowest BCUT2D eigenvalue weighted by Gasteiger charge is -2.16. The van der Waals surface area contributed by atoms with Gasteiger partial charge in [-0.25, -0.2) is 8.42 Å². The van der Waals surface area contributed by atoms with E-state index >= 15 is 0 Å². The number of hydrogen-bond donors (Lipinski definition) is 0. The van der Waals surface area contributed by atoms with Crippen molar-refractivity contribution in [3.05, 3.63) is 0 Å². The fourth-order valence-corrected chi connectivity index (χ4v) is 1.85. The highest BCUT2D eigenvalue weighted by Crippen LogP contribution is 2.03. The molecule has 0 rings (SSSR count). The summed E-state index contributed by atoms with van der Waals surface area (Å²) in [6.07, 6.45) is 3.65. The highest BCUT2D eigenvalue weighted by molar-refractivity contribution is 7.90. The van der Waals surface area contributed by atoms with Crippen LogP contribution in [-0.4, -0.2) is 45.5 Å². The Balaban J connectivity index is 3.51. The molecule has 0 aliphatic carbocycles. The van der Waals surface area contributed by atoms with Gasteiger partial charge in [0.2, 0.25) is 0 Å². The van der Waals surface area contributed by atoms with Gasteiger partial charge in [0, 0.05) is 12.8 Å². The van der Waals surface area contributed by atoms with Crippen molar-refractivity contribution in [2.75, 3.05) is 32.1 Å². The molecule has 0 saturated carbocycles. The Bertz CT molecular complexity index is 235. The molecule has 0 bridgehead atoms. The third-order valence-corrected chi connectivity index (χ3v) is 3.09. The maximum atomic E-state index is 10.9. The van der Waals surface area contributed by atoms with Crippen LogP contribution in [0.1, 0.15) is 26.7 Å². The van der Waals surface area contributed by atoms with E-state index in [1.165, 1.54) is 12.7 Å². The average molecular weight is 221 g/mol. The van der Waals surface area contributed by atoms with Crippen LogP contribution in [0.2, 0.25) is 0 Å². The Morgan fingerprint density at radius 3 is 2.21 bits per heavy atom. The van der Waals surface area contributed by atoms with Gasteiger partial charge in [0.1, 0.15) is 9.84 Å². The van der Waals surface area contributed by atoms with E-state index in [9.17, 15) is 8.42 Å². The van der Waals surface area contributed by atoms with Crippen LogP contribution >= 0.6 is 0 Å². The number of rotatable bonds is 7. The first-order valence-corrected chi connectivity index (χ1v) is 7.23. The normalized spacial score (nSPS) is 12.7. The minimum absolute atomic E-state index is 0.269. The lowest BCUT2D eigenvalue weighted by Crippen LogP contribution is -2.26. The van der Waals surface area contributed by atoms with Crippen molar-refractivity contribution in [3.8, 4) is 0 Å². The summed E-state index contributed by atoms with van der Waals surface area (Å²) >= 11 is 0. The van der Waals surface area contributed by atoms with Crippen molar-refractivity contribution in [2.24, 2.45) is 5.92 Å². The molecule has 14 heavy (non-hydrogen) atoms. The molecule has 86 valence electrons. The first-order chi connectivity index (χ1) is 6.31. The topological polar surface area (TPSA) is 37.4 Å². The molecule has 3 nitrogen and oxygen atoms in total. The molecule has 0 N–H and O–H groups in total. The van der Waals surface area contributed by atoms with E-state index < -0.39 is 9.84 Å². The Labute approximate surface area is 88.4 Å². The zero-order chi connectivity index (χ0) is 11.2. The van der Waals surface area contributed by atoms with Gasteiger partial charge >= 0.3 is 0 Å². The second kappa shape index (κ2) is 6.40. The Morgan fingerprint density at radius 1 is 1.21 bits per heavy atom. The SMILES string of the molecule is CC(C)CCCN(C)CCS(C)(=O)=O. The Hall–Kier alpha value is -0.0900. The molecule has 0 spiro atoms. The summed E-state index contributed by atoms with van der Waals surface area (Å²) in [5.41, 5.74) is 0. The minimum Gasteiger partial charge on any atom is -0.305 e. The molecule has 0 fully saturated rings. The molecule has 0 aromatic heterocycles. The summed E-state index contributed by atoms with van der Waals surface area (Å²) in [7, 11) is -0.825. The second-order valence-electron chi connectivity index (χ2n) is 4.47. The Morgan fingerprint density at radius 2 is 1.79 bits per heavy atom. The smallest absolute Gasteiger partial charge is 0.148 e. The molecule has 0 aliphatic heterocycles. The number of hydrogen-bond acceptors (Lipinski definition) is 3. The van der Waals surface area contributed by atoms with Crippen LogP contribution < -0.4 is 0 Å². The van der Waals surface area contributed by atoms with Gasteiger partial charge in [-0.05, 0) is 32.4 Å². The quantitative estimate of drug-likeness (QED) is 0.652. The summed E-state index contributed by atoms with van der Waals surface area (Å²) in [6, 6.07) is 0. The van der Waals surface area contributed by atoms with Crippen molar-refractivity contribution in [1.29, 1.82) is 0 Å². The fraction of sp³-hybridized carbons (Fsp3) is 1.00. The number of sulfone groups is 1. The molecular formula is C10H23NO2S. The van der Waals surface area contributed by atoms with Crippen molar-refractivity contribution in [1.82, 2.24) is 4.90 Å². The zero-order valence-corrected chi connectivity index (χ0v) is 10.6. The van der Waals surface area contributed by atoms with Crippen LogP contribution in [0.25, 0.3) is 0 Å². The van der Waals surface area contributed by atoms with Crippen LogP contribution in [0.5, 0.6) is 0 Å². The van der Waals surface area contributed by atoms with E-state index in [-0.39, 0.29) is 5.75 Å². The van der Waals surface area contributed by atoms with Gasteiger partial charge in [0.05, 0.1) is 5.75 Å². The van der Waals surface area contributed by atoms with E-state index in [0.29, 0.717) is 6.54 Å². The van der Waals surface area contributed by atoms with Crippen LogP contribution in [0, 0.1) is 5.92 Å². The summed E-state index contributed by atoms with van der Waals surface area (Å²) in [5.74, 6) is 1.00. The van der Waals surface area contributed by atoms with Crippen molar-refractivity contribution in [2.45, 2.75) is 26.7 Å². The molecule has 0 unspecified atom stereocenters. The molecule has 0 amide bonds. The zero-order valence-electron chi connectivity index (χ0n) is 9.78. The second-order valence-corrected chi connectivity index (χ2v) is 6.73. The summed E-state index contributed by atoms with van der Waals surface area (Å²) in [5, 5.41) is 0. The summed E-state index contributed by atoms with van der Waals surface area (Å²) < 4.78 is 21.8. The third-order valence-electron chi connectivity index (χ3n) is 2.17. The van der Waals surface area contributed by atoms with Gasteiger partial charge in [0.15, 0.2) is 0 Å². The molecule has 0 atom stereocenters. The highest BCUT2D eigenvalue weighted by Gasteiger charge is 2.05. The van der Waals surface area contributed by atoms with Crippen LogP contribution in [0.15, 0.2) is 0 Å². The number of nitrogens with zero attached hydrogens (tertiary/aromatic N) is 1. The van der Waals surface area contributed by atoms with E-state index in [2.05, 4.69) is 18.7 Å². The van der Waals surface area contributed by atoms with Gasteiger partial charge in [-0.3, -0.25) is 0 Å². The van der Waals surface area contributed by atoms with Crippen molar-refractivity contribution < 1.29 is 8.42 Å². The first-order valence-electron chi connectivity index (χ1n) is 5.17. The van der Waals surface area contributed by atoms with E-state index in [1.54, 1.807) is 0 Å². The maximum absolute atomic E-state index is 10.9. The molecule has 0 heterocycles. The fourth-order valence-electron chi connectivity index (χ4n) is 1.20. The van der Waals surface area contributed by atoms with E-state index in [1.807, 2.05) is 7.05 Å². The lowest BCUT2D eigenvalue weighted by atomic mass is 10.1. The molecule has 0 aliphatic rings. The van der Waals surface area contributed by atoms with Crippen LogP contribution in [-0.2, 0) is 9.84 Å². The van der Waals surface area contributed by atoms with E-state index in [0.717, 1.165) is 18.9 Å². The van der Waals surface area contributed by atoms with Crippen molar-refractivity contribution in [3.63, 3.8) is 0 Å². The van der Waals surface area contributed by atoms with Crippen LogP contribution in [0.4, 0.5) is 0 Å². The first kappa shape index (κ1) is 13.9. The predicted octanol–water partition coefficient (Wildman–Crippen LogP) is 1.40. The average Bonchev–Trinajstić information content (AvgIpc) is 1.99. The third kappa shape index (κ3) is 9.99. The highest BCUT2D eigenvalue weighted by atomic mass is 32.2. The standard InChI is InChI=1S/C10H23NO2S/c1-10(2)6-5-7-11(3)8-9-14(4,12)13/h10H,5-9H2,1-4H3. The summed E-state index contributed by atoms with van der Waals surface area (Å²) in [6.45, 7) is 6.05. The van der Waals surface area contributed by atoms with Gasteiger partial charge in [-0.15, -0.1) is 0 Å². The van der Waals surface area contributed by atoms with Gasteiger partial charge < -0.3 is 4.90 Å². The molecule has 4 heteroatoms. The maximum Gasteiger partial charge on any atom is 0.148 e. The molecule has 0 saturated heterocycles. The summed E-state index contributed by atoms with van der Waals surface area (Å²) in [4.78, 5) is 2.09. The van der Waals surface area contributed by atoms with Gasteiger partial charge in [-0.1, -0.05) is 13.8 Å². The van der Waals surface area contributed by atoms with Crippen molar-refractivity contribution >= 4 is 9.84 Å². The molecule has 0 aromatic carbocycles. The monoisotopic (exact) mass is 221 g/mol. The Kier molecular flexibility index (Phi) is 6.36. The largest absolute Gasteiger partial charge is 0.305 e. The minimum atomic E-state index is -2.80. The lowest BCUT2D eigenvalue weighted by molar-refractivity contribution is 0.334. The van der Waals surface area contributed by atoms with Gasteiger partial charge in [-0.2, -0.15) is 0 Å². The van der Waals surface area contributed by atoms with E-state index in [4.69, 9.17) is 0 Å². The van der Waals surface area contributed by atoms with Crippen LogP contribution in [0.3, 0.4) is 0 Å². The molecular weight excluding hydrogens is 198 g/mol.